The lowest BCUT2D eigenvalue weighted by Gasteiger charge is -2.10. The van der Waals surface area contributed by atoms with Crippen molar-refractivity contribution in [3.8, 4) is 16.9 Å². The predicted octanol–water partition coefficient (Wildman–Crippen LogP) is 7.09. The van der Waals surface area contributed by atoms with E-state index < -0.39 is 0 Å². The van der Waals surface area contributed by atoms with Gasteiger partial charge in [-0.05, 0) is 42.3 Å². The van der Waals surface area contributed by atoms with E-state index in [2.05, 4.69) is 37.6 Å². The van der Waals surface area contributed by atoms with Crippen molar-refractivity contribution in [3.63, 3.8) is 0 Å². The highest BCUT2D eigenvalue weighted by molar-refractivity contribution is 9.09. The molecular formula is C23H18BrClN2O. The molecule has 0 aliphatic heterocycles. The van der Waals surface area contributed by atoms with Gasteiger partial charge in [0, 0.05) is 61.9 Å². The topological polar surface area (TPSA) is 40.9 Å². The van der Waals surface area contributed by atoms with Crippen LogP contribution in [0, 0.1) is 0 Å². The molecule has 0 atom stereocenters. The molecule has 3 aromatic carbocycles. The minimum absolute atomic E-state index is 0.283. The van der Waals surface area contributed by atoms with E-state index in [4.69, 9.17) is 11.6 Å². The van der Waals surface area contributed by atoms with Crippen molar-refractivity contribution >= 4 is 60.1 Å². The Morgan fingerprint density at radius 1 is 0.929 bits per heavy atom. The van der Waals surface area contributed by atoms with Gasteiger partial charge in [0.2, 0.25) is 0 Å². The van der Waals surface area contributed by atoms with Gasteiger partial charge in [-0.2, -0.15) is 0 Å². The molecular weight excluding hydrogens is 436 g/mol. The van der Waals surface area contributed by atoms with Gasteiger partial charge in [-0.1, -0.05) is 45.7 Å². The summed E-state index contributed by atoms with van der Waals surface area (Å²) in [5.41, 5.74) is 4.42. The maximum atomic E-state index is 10.1. The molecule has 2 heterocycles. The third-order valence-corrected chi connectivity index (χ3v) is 6.24. The molecule has 3 nitrogen and oxygen atoms in total. The standard InChI is InChI=1S/C23H18BrClN2O/c24-8-3-9-27-21-7-6-14(28)10-17(21)23-19-13-26-12-18(19)16(11-22(23)27)15-4-1-2-5-20(15)25/h1-2,4-7,10-13,26,28H,3,8-9H2. The number of rotatable bonds is 4. The van der Waals surface area contributed by atoms with E-state index in [0.29, 0.717) is 0 Å². The largest absolute Gasteiger partial charge is 0.508 e. The minimum atomic E-state index is 0.283. The maximum Gasteiger partial charge on any atom is 0.116 e. The number of benzene rings is 3. The van der Waals surface area contributed by atoms with Crippen LogP contribution >= 0.6 is 27.5 Å². The van der Waals surface area contributed by atoms with E-state index >= 15 is 0 Å². The summed E-state index contributed by atoms with van der Waals surface area (Å²) in [7, 11) is 0. The number of phenols is 1. The van der Waals surface area contributed by atoms with Gasteiger partial charge in [0.05, 0.1) is 5.52 Å². The zero-order chi connectivity index (χ0) is 19.3. The molecule has 140 valence electrons. The smallest absolute Gasteiger partial charge is 0.116 e. The first kappa shape index (κ1) is 17.7. The lowest BCUT2D eigenvalue weighted by atomic mass is 9.97. The first-order valence-corrected chi connectivity index (χ1v) is 10.7. The number of aromatic amines is 1. The van der Waals surface area contributed by atoms with Crippen molar-refractivity contribution in [1.29, 1.82) is 0 Å². The van der Waals surface area contributed by atoms with Crippen LogP contribution in [0.4, 0.5) is 0 Å². The second kappa shape index (κ2) is 6.87. The Kier molecular flexibility index (Phi) is 4.33. The Bertz CT molecular complexity index is 1340. The van der Waals surface area contributed by atoms with Crippen LogP contribution in [0.3, 0.4) is 0 Å². The Morgan fingerprint density at radius 3 is 2.57 bits per heavy atom. The second-order valence-corrected chi connectivity index (χ2v) is 8.18. The average molecular weight is 454 g/mol. The van der Waals surface area contributed by atoms with E-state index in [9.17, 15) is 5.11 Å². The van der Waals surface area contributed by atoms with E-state index in [-0.39, 0.29) is 5.75 Å². The van der Waals surface area contributed by atoms with Crippen LogP contribution in [0.5, 0.6) is 5.75 Å². The van der Waals surface area contributed by atoms with Gasteiger partial charge in [0.15, 0.2) is 0 Å². The Labute approximate surface area is 175 Å². The van der Waals surface area contributed by atoms with Crippen LogP contribution in [0.15, 0.2) is 60.9 Å². The summed E-state index contributed by atoms with van der Waals surface area (Å²) in [4.78, 5) is 3.27. The zero-order valence-corrected chi connectivity index (χ0v) is 17.4. The number of nitrogens with zero attached hydrogens (tertiary/aromatic N) is 1. The molecule has 0 aliphatic carbocycles. The van der Waals surface area contributed by atoms with Gasteiger partial charge < -0.3 is 14.7 Å². The third-order valence-electron chi connectivity index (χ3n) is 5.35. The van der Waals surface area contributed by atoms with Crippen molar-refractivity contribution < 1.29 is 5.11 Å². The molecule has 0 bridgehead atoms. The fourth-order valence-corrected chi connectivity index (χ4v) is 4.65. The van der Waals surface area contributed by atoms with Crippen LogP contribution in [0.25, 0.3) is 43.7 Å². The number of H-pyrrole nitrogens is 1. The molecule has 0 fully saturated rings. The summed E-state index contributed by atoms with van der Waals surface area (Å²) in [6.45, 7) is 0.897. The molecule has 0 saturated heterocycles. The van der Waals surface area contributed by atoms with Crippen LogP contribution in [-0.2, 0) is 6.54 Å². The molecule has 5 aromatic rings. The predicted molar refractivity (Wildman–Crippen MR) is 122 cm³/mol. The summed E-state index contributed by atoms with van der Waals surface area (Å²) in [6.07, 6.45) is 5.08. The molecule has 28 heavy (non-hydrogen) atoms. The van der Waals surface area contributed by atoms with Gasteiger partial charge in [-0.25, -0.2) is 0 Å². The molecule has 5 rings (SSSR count). The Morgan fingerprint density at radius 2 is 1.75 bits per heavy atom. The van der Waals surface area contributed by atoms with Crippen molar-refractivity contribution in [2.75, 3.05) is 5.33 Å². The molecule has 2 aromatic heterocycles. The first-order chi connectivity index (χ1) is 13.7. The first-order valence-electron chi connectivity index (χ1n) is 9.24. The van der Waals surface area contributed by atoms with Gasteiger partial charge in [-0.15, -0.1) is 0 Å². The summed E-state index contributed by atoms with van der Waals surface area (Å²) in [5.74, 6) is 0.283. The molecule has 5 heteroatoms. The lowest BCUT2D eigenvalue weighted by molar-refractivity contribution is 0.476. The average Bonchev–Trinajstić information content (AvgIpc) is 3.28. The van der Waals surface area contributed by atoms with Gasteiger partial charge in [0.1, 0.15) is 5.75 Å². The minimum Gasteiger partial charge on any atom is -0.508 e. The molecule has 0 radical (unpaired) electrons. The molecule has 0 saturated carbocycles. The fraction of sp³-hybridized carbons (Fsp3) is 0.130. The number of alkyl halides is 1. The van der Waals surface area contributed by atoms with Gasteiger partial charge in [-0.3, -0.25) is 0 Å². The SMILES string of the molecule is Oc1ccc2c(c1)c1c3c[nH]cc3c(-c3ccccc3Cl)cc1n2CCCBr. The number of nitrogens with one attached hydrogen (secondary N) is 1. The number of hydrogen-bond donors (Lipinski definition) is 2. The molecule has 0 spiro atoms. The van der Waals surface area contributed by atoms with Crippen molar-refractivity contribution in [1.82, 2.24) is 9.55 Å². The van der Waals surface area contributed by atoms with Crippen molar-refractivity contribution in [2.24, 2.45) is 0 Å². The number of phenolic OH excluding ortho intramolecular Hbond substituents is 1. The van der Waals surface area contributed by atoms with Crippen LogP contribution in [-0.4, -0.2) is 20.0 Å². The molecule has 0 unspecified atom stereocenters. The molecule has 0 amide bonds. The fourth-order valence-electron chi connectivity index (χ4n) is 4.16. The van der Waals surface area contributed by atoms with Gasteiger partial charge in [0.25, 0.3) is 0 Å². The number of aromatic hydroxyl groups is 1. The van der Waals surface area contributed by atoms with Crippen molar-refractivity contribution in [3.05, 3.63) is 65.9 Å². The van der Waals surface area contributed by atoms with Crippen LogP contribution < -0.4 is 0 Å². The third kappa shape index (κ3) is 2.63. The summed E-state index contributed by atoms with van der Waals surface area (Å²) in [6, 6.07) is 15.8. The molecule has 2 N–H and O–H groups in total. The van der Waals surface area contributed by atoms with Crippen LogP contribution in [0.1, 0.15) is 6.42 Å². The second-order valence-electron chi connectivity index (χ2n) is 6.98. The summed E-state index contributed by atoms with van der Waals surface area (Å²) >= 11 is 10.1. The number of hydrogen-bond acceptors (Lipinski definition) is 1. The Hall–Kier alpha value is -2.43. The summed E-state index contributed by atoms with van der Waals surface area (Å²) < 4.78 is 2.35. The van der Waals surface area contributed by atoms with Crippen molar-refractivity contribution in [2.45, 2.75) is 13.0 Å². The van der Waals surface area contributed by atoms with E-state index in [1.54, 1.807) is 6.07 Å². The number of aryl methyl sites for hydroxylation is 1. The Balaban J connectivity index is 1.95. The van der Waals surface area contributed by atoms with E-state index in [1.165, 1.54) is 0 Å². The number of fused-ring (bicyclic) bond motifs is 5. The molecule has 0 aliphatic rings. The maximum absolute atomic E-state index is 10.1. The summed E-state index contributed by atoms with van der Waals surface area (Å²) in [5, 5.41) is 16.3. The highest BCUT2D eigenvalue weighted by Gasteiger charge is 2.18. The lowest BCUT2D eigenvalue weighted by Crippen LogP contribution is -1.98. The quantitative estimate of drug-likeness (QED) is 0.280. The van der Waals surface area contributed by atoms with E-state index in [1.807, 2.05) is 42.7 Å². The van der Waals surface area contributed by atoms with E-state index in [0.717, 1.165) is 67.0 Å². The van der Waals surface area contributed by atoms with Gasteiger partial charge >= 0.3 is 0 Å². The number of aromatic nitrogens is 2. The zero-order valence-electron chi connectivity index (χ0n) is 15.0. The number of halogens is 2. The van der Waals surface area contributed by atoms with Crippen LogP contribution in [0.2, 0.25) is 5.02 Å². The normalized spacial score (nSPS) is 11.8. The highest BCUT2D eigenvalue weighted by Crippen LogP contribution is 2.42. The highest BCUT2D eigenvalue weighted by atomic mass is 79.9. The monoisotopic (exact) mass is 452 g/mol.